The van der Waals surface area contributed by atoms with Crippen LogP contribution in [0.15, 0.2) is 24.3 Å². The molecule has 0 spiro atoms. The van der Waals surface area contributed by atoms with Crippen molar-refractivity contribution in [3.63, 3.8) is 0 Å². The van der Waals surface area contributed by atoms with Gasteiger partial charge in [-0.2, -0.15) is 0 Å². The van der Waals surface area contributed by atoms with Crippen LogP contribution in [-0.4, -0.2) is 18.6 Å². The van der Waals surface area contributed by atoms with Crippen LogP contribution in [0.3, 0.4) is 0 Å². The second kappa shape index (κ2) is 4.82. The van der Waals surface area contributed by atoms with E-state index in [0.29, 0.717) is 5.92 Å². The summed E-state index contributed by atoms with van der Waals surface area (Å²) in [6.45, 7) is 10.4. The number of nitrogens with zero attached hydrogens (tertiary/aromatic N) is 1. The molecule has 0 amide bonds. The lowest BCUT2D eigenvalue weighted by Gasteiger charge is -2.36. The summed E-state index contributed by atoms with van der Waals surface area (Å²) < 4.78 is 0. The van der Waals surface area contributed by atoms with Crippen LogP contribution in [0.1, 0.15) is 39.2 Å². The molecule has 2 aliphatic rings. The summed E-state index contributed by atoms with van der Waals surface area (Å²) >= 11 is 0. The van der Waals surface area contributed by atoms with Crippen molar-refractivity contribution < 1.29 is 0 Å². The van der Waals surface area contributed by atoms with E-state index in [2.05, 4.69) is 55.3 Å². The van der Waals surface area contributed by atoms with E-state index in [-0.39, 0.29) is 5.54 Å². The van der Waals surface area contributed by atoms with E-state index in [1.54, 1.807) is 0 Å². The number of hydrogen-bond donors (Lipinski definition) is 1. The monoisotopic (exact) mass is 258 g/mol. The second-order valence-corrected chi connectivity index (χ2v) is 6.95. The highest BCUT2D eigenvalue weighted by molar-refractivity contribution is 5.55. The topological polar surface area (TPSA) is 15.3 Å². The fraction of sp³-hybridized carbons (Fsp3) is 0.647. The number of rotatable bonds is 3. The SMILES string of the molecule is CC(C)CN1CC(C)(C2CC2)NCc2ccccc21. The van der Waals surface area contributed by atoms with Gasteiger partial charge in [0, 0.05) is 30.9 Å². The molecule has 0 saturated heterocycles. The first-order valence-electron chi connectivity index (χ1n) is 7.66. The van der Waals surface area contributed by atoms with Crippen LogP contribution in [0, 0.1) is 11.8 Å². The van der Waals surface area contributed by atoms with Crippen LogP contribution < -0.4 is 10.2 Å². The molecule has 0 bridgehead atoms. The number of nitrogens with one attached hydrogen (secondary N) is 1. The minimum absolute atomic E-state index is 0.286. The molecule has 1 unspecified atom stereocenters. The Morgan fingerprint density at radius 1 is 1.32 bits per heavy atom. The molecule has 1 fully saturated rings. The summed E-state index contributed by atoms with van der Waals surface area (Å²) in [6.07, 6.45) is 2.80. The van der Waals surface area contributed by atoms with Gasteiger partial charge < -0.3 is 10.2 Å². The number of benzene rings is 1. The number of anilines is 1. The molecule has 104 valence electrons. The first-order chi connectivity index (χ1) is 9.08. The number of fused-ring (bicyclic) bond motifs is 1. The van der Waals surface area contributed by atoms with Crippen molar-refractivity contribution >= 4 is 5.69 Å². The quantitative estimate of drug-likeness (QED) is 0.893. The Morgan fingerprint density at radius 2 is 2.05 bits per heavy atom. The smallest absolute Gasteiger partial charge is 0.0412 e. The molecule has 2 heteroatoms. The van der Waals surface area contributed by atoms with Crippen molar-refractivity contribution in [1.29, 1.82) is 0 Å². The number of para-hydroxylation sites is 1. The molecule has 2 nitrogen and oxygen atoms in total. The predicted octanol–water partition coefficient (Wildman–Crippen LogP) is 3.42. The Kier molecular flexibility index (Phi) is 3.30. The average Bonchev–Trinajstić information content (AvgIpc) is 3.19. The van der Waals surface area contributed by atoms with Gasteiger partial charge in [0.2, 0.25) is 0 Å². The fourth-order valence-electron chi connectivity index (χ4n) is 3.40. The van der Waals surface area contributed by atoms with Crippen LogP contribution in [0.2, 0.25) is 0 Å². The molecule has 1 heterocycles. The second-order valence-electron chi connectivity index (χ2n) is 6.95. The van der Waals surface area contributed by atoms with Crippen molar-refractivity contribution in [1.82, 2.24) is 5.32 Å². The van der Waals surface area contributed by atoms with Gasteiger partial charge >= 0.3 is 0 Å². The Labute approximate surface area is 117 Å². The Hall–Kier alpha value is -1.02. The molecule has 3 rings (SSSR count). The van der Waals surface area contributed by atoms with Crippen molar-refractivity contribution in [2.75, 3.05) is 18.0 Å². The van der Waals surface area contributed by atoms with Crippen LogP contribution in [0.5, 0.6) is 0 Å². The summed E-state index contributed by atoms with van der Waals surface area (Å²) in [5.41, 5.74) is 3.18. The summed E-state index contributed by atoms with van der Waals surface area (Å²) in [5, 5.41) is 3.84. The molecular weight excluding hydrogens is 232 g/mol. The van der Waals surface area contributed by atoms with Gasteiger partial charge in [0.25, 0.3) is 0 Å². The van der Waals surface area contributed by atoms with E-state index >= 15 is 0 Å². The van der Waals surface area contributed by atoms with Gasteiger partial charge in [0.05, 0.1) is 0 Å². The zero-order valence-corrected chi connectivity index (χ0v) is 12.4. The van der Waals surface area contributed by atoms with Crippen LogP contribution in [-0.2, 0) is 6.54 Å². The molecule has 1 saturated carbocycles. The van der Waals surface area contributed by atoms with Crippen LogP contribution in [0.4, 0.5) is 5.69 Å². The summed E-state index contributed by atoms with van der Waals surface area (Å²) in [5.74, 6) is 1.58. The minimum Gasteiger partial charge on any atom is -0.369 e. The van der Waals surface area contributed by atoms with Gasteiger partial charge in [0.15, 0.2) is 0 Å². The molecule has 1 aromatic rings. The van der Waals surface area contributed by atoms with Crippen molar-refractivity contribution in [3.05, 3.63) is 29.8 Å². The van der Waals surface area contributed by atoms with Gasteiger partial charge in [-0.05, 0) is 43.2 Å². The highest BCUT2D eigenvalue weighted by Gasteiger charge is 2.43. The van der Waals surface area contributed by atoms with Crippen molar-refractivity contribution in [3.8, 4) is 0 Å². The normalized spacial score (nSPS) is 27.3. The molecule has 1 aromatic carbocycles. The van der Waals surface area contributed by atoms with Gasteiger partial charge in [-0.15, -0.1) is 0 Å². The lowest BCUT2D eigenvalue weighted by Crippen LogP contribution is -2.51. The molecule has 1 atom stereocenters. The number of hydrogen-bond acceptors (Lipinski definition) is 2. The van der Waals surface area contributed by atoms with Gasteiger partial charge in [-0.25, -0.2) is 0 Å². The first-order valence-corrected chi connectivity index (χ1v) is 7.66. The third-order valence-corrected chi connectivity index (χ3v) is 4.60. The minimum atomic E-state index is 0.286. The van der Waals surface area contributed by atoms with E-state index in [9.17, 15) is 0 Å². The standard InChI is InChI=1S/C17H26N2/c1-13(2)11-19-12-17(3,15-8-9-15)18-10-14-6-4-5-7-16(14)19/h4-7,13,15,18H,8-12H2,1-3H3. The largest absolute Gasteiger partial charge is 0.369 e. The zero-order valence-electron chi connectivity index (χ0n) is 12.4. The maximum Gasteiger partial charge on any atom is 0.0412 e. The predicted molar refractivity (Wildman–Crippen MR) is 81.5 cm³/mol. The maximum atomic E-state index is 3.84. The molecule has 1 N–H and O–H groups in total. The van der Waals surface area contributed by atoms with Crippen molar-refractivity contribution in [2.24, 2.45) is 11.8 Å². The molecule has 0 aromatic heterocycles. The lowest BCUT2D eigenvalue weighted by molar-refractivity contribution is 0.313. The highest BCUT2D eigenvalue weighted by Crippen LogP contribution is 2.42. The summed E-state index contributed by atoms with van der Waals surface area (Å²) in [4.78, 5) is 2.61. The third kappa shape index (κ3) is 2.64. The molecule has 19 heavy (non-hydrogen) atoms. The van der Waals surface area contributed by atoms with E-state index in [1.165, 1.54) is 24.1 Å². The van der Waals surface area contributed by atoms with E-state index in [0.717, 1.165) is 25.6 Å². The van der Waals surface area contributed by atoms with Gasteiger partial charge in [-0.1, -0.05) is 32.0 Å². The highest BCUT2D eigenvalue weighted by atomic mass is 15.2. The maximum absolute atomic E-state index is 3.84. The Bertz CT molecular complexity index is 450. The van der Waals surface area contributed by atoms with Crippen molar-refractivity contribution in [2.45, 2.75) is 45.7 Å². The van der Waals surface area contributed by atoms with Gasteiger partial charge in [-0.3, -0.25) is 0 Å². The third-order valence-electron chi connectivity index (χ3n) is 4.60. The Morgan fingerprint density at radius 3 is 2.74 bits per heavy atom. The molecular formula is C17H26N2. The lowest BCUT2D eigenvalue weighted by atomic mass is 9.95. The molecule has 0 radical (unpaired) electrons. The zero-order chi connectivity index (χ0) is 13.5. The van der Waals surface area contributed by atoms with E-state index in [4.69, 9.17) is 0 Å². The van der Waals surface area contributed by atoms with Gasteiger partial charge in [0.1, 0.15) is 0 Å². The first kappa shape index (κ1) is 13.0. The average molecular weight is 258 g/mol. The summed E-state index contributed by atoms with van der Waals surface area (Å²) in [6, 6.07) is 8.89. The van der Waals surface area contributed by atoms with E-state index in [1.807, 2.05) is 0 Å². The fourth-order valence-corrected chi connectivity index (χ4v) is 3.40. The Balaban J connectivity index is 1.91. The molecule has 1 aliphatic carbocycles. The summed E-state index contributed by atoms with van der Waals surface area (Å²) in [7, 11) is 0. The van der Waals surface area contributed by atoms with E-state index < -0.39 is 0 Å². The molecule has 1 aliphatic heterocycles. The van der Waals surface area contributed by atoms with Crippen LogP contribution >= 0.6 is 0 Å². The van der Waals surface area contributed by atoms with Crippen LogP contribution in [0.25, 0.3) is 0 Å².